The summed E-state index contributed by atoms with van der Waals surface area (Å²) in [7, 11) is 0. The lowest BCUT2D eigenvalue weighted by Gasteiger charge is -2.24. The largest absolute Gasteiger partial charge is 0.481 e. The zero-order chi connectivity index (χ0) is 32.6. The van der Waals surface area contributed by atoms with Crippen molar-refractivity contribution >= 4 is 29.7 Å². The number of hydrogen-bond acceptors (Lipinski definition) is 6. The maximum Gasteiger partial charge on any atom is 0.341 e. The van der Waals surface area contributed by atoms with Crippen LogP contribution in [0.2, 0.25) is 0 Å². The Balaban J connectivity index is 1.84. The van der Waals surface area contributed by atoms with Gasteiger partial charge in [-0.3, -0.25) is 14.4 Å². The predicted molar refractivity (Wildman–Crippen MR) is 167 cm³/mol. The van der Waals surface area contributed by atoms with Crippen LogP contribution in [0.1, 0.15) is 53.2 Å². The summed E-state index contributed by atoms with van der Waals surface area (Å²) in [6.45, 7) is 1.70. The van der Waals surface area contributed by atoms with Crippen LogP contribution < -0.4 is 20.7 Å². The normalized spacial score (nSPS) is 11.9. The van der Waals surface area contributed by atoms with E-state index in [1.165, 1.54) is 18.2 Å². The molecule has 11 heteroatoms. The van der Waals surface area contributed by atoms with Gasteiger partial charge in [0.25, 0.3) is 0 Å². The van der Waals surface area contributed by atoms with Gasteiger partial charge in [0, 0.05) is 19.4 Å². The number of carboxylic acids is 2. The highest BCUT2D eigenvalue weighted by molar-refractivity contribution is 5.93. The zero-order valence-corrected chi connectivity index (χ0v) is 25.2. The molecule has 0 aliphatic carbocycles. The first-order chi connectivity index (χ1) is 21.7. The Hall–Kier alpha value is -5.19. The average molecular weight is 618 g/mol. The molecule has 3 rings (SSSR count). The van der Waals surface area contributed by atoms with Crippen molar-refractivity contribution in [2.45, 2.75) is 57.5 Å². The van der Waals surface area contributed by atoms with E-state index in [2.05, 4.69) is 16.0 Å². The van der Waals surface area contributed by atoms with Crippen LogP contribution in [0, 0.1) is 0 Å². The van der Waals surface area contributed by atoms with E-state index in [4.69, 9.17) is 9.84 Å². The molecule has 0 unspecified atom stereocenters. The molecular formula is C34H39N3O8. The molecule has 11 nitrogen and oxygen atoms in total. The average Bonchev–Trinajstić information content (AvgIpc) is 3.02. The number of ether oxygens (including phenoxy) is 1. The number of rotatable bonds is 18. The van der Waals surface area contributed by atoms with Crippen molar-refractivity contribution in [2.75, 3.05) is 13.2 Å². The molecular weight excluding hydrogens is 578 g/mol. The highest BCUT2D eigenvalue weighted by atomic mass is 16.5. The maximum absolute atomic E-state index is 13.7. The number of carbonyl (C=O) groups excluding carboxylic acids is 3. The molecule has 0 aromatic heterocycles. The minimum absolute atomic E-state index is 0.0645. The number of benzene rings is 3. The first-order valence-electron chi connectivity index (χ1n) is 14.8. The van der Waals surface area contributed by atoms with Gasteiger partial charge in [-0.15, -0.1) is 0 Å². The molecule has 0 heterocycles. The number of carbonyl (C=O) groups is 5. The molecule has 0 spiro atoms. The van der Waals surface area contributed by atoms with E-state index in [9.17, 15) is 29.1 Å². The van der Waals surface area contributed by atoms with Gasteiger partial charge < -0.3 is 30.9 Å². The van der Waals surface area contributed by atoms with Crippen LogP contribution in [0.3, 0.4) is 0 Å². The third-order valence-electron chi connectivity index (χ3n) is 6.92. The second-order valence-electron chi connectivity index (χ2n) is 10.6. The Kier molecular flexibility index (Phi) is 13.6. The summed E-state index contributed by atoms with van der Waals surface area (Å²) in [6.07, 6.45) is 2.78. The van der Waals surface area contributed by atoms with Crippen molar-refractivity contribution in [3.05, 3.63) is 101 Å². The monoisotopic (exact) mass is 617 g/mol. The van der Waals surface area contributed by atoms with E-state index < -0.39 is 42.4 Å². The van der Waals surface area contributed by atoms with Gasteiger partial charge in [-0.25, -0.2) is 9.59 Å². The lowest BCUT2D eigenvalue weighted by atomic mass is 10.00. The van der Waals surface area contributed by atoms with Crippen LogP contribution in [0.5, 0.6) is 5.75 Å². The number of hydrogen-bond donors (Lipinski definition) is 5. The van der Waals surface area contributed by atoms with Crippen LogP contribution >= 0.6 is 0 Å². The number of aromatic carboxylic acids is 1. The van der Waals surface area contributed by atoms with Crippen LogP contribution in [0.4, 0.5) is 0 Å². The van der Waals surface area contributed by atoms with Gasteiger partial charge in [0.2, 0.25) is 17.7 Å². The van der Waals surface area contributed by atoms with E-state index in [-0.39, 0.29) is 36.5 Å². The predicted octanol–water partition coefficient (Wildman–Crippen LogP) is 3.15. The van der Waals surface area contributed by atoms with Crippen molar-refractivity contribution in [2.24, 2.45) is 0 Å². The molecule has 45 heavy (non-hydrogen) atoms. The van der Waals surface area contributed by atoms with Crippen LogP contribution in [-0.4, -0.2) is 65.1 Å². The molecule has 0 fully saturated rings. The number of nitrogens with one attached hydrogen (secondary N) is 3. The molecule has 0 bridgehead atoms. The quantitative estimate of drug-likeness (QED) is 0.136. The number of unbranched alkanes of at least 4 members (excludes halogenated alkanes) is 2. The van der Waals surface area contributed by atoms with E-state index in [1.54, 1.807) is 0 Å². The van der Waals surface area contributed by atoms with Crippen molar-refractivity contribution in [3.8, 4) is 5.75 Å². The Bertz CT molecular complexity index is 1450. The Morgan fingerprint density at radius 1 is 0.733 bits per heavy atom. The maximum atomic E-state index is 13.7. The second kappa shape index (κ2) is 17.8. The third-order valence-corrected chi connectivity index (χ3v) is 6.92. The first kappa shape index (κ1) is 34.3. The summed E-state index contributed by atoms with van der Waals surface area (Å²) in [5.41, 5.74) is 1.71. The van der Waals surface area contributed by atoms with Crippen molar-refractivity contribution in [1.29, 1.82) is 0 Å². The molecule has 3 aromatic carbocycles. The van der Waals surface area contributed by atoms with Gasteiger partial charge in [0.15, 0.2) is 6.61 Å². The summed E-state index contributed by atoms with van der Waals surface area (Å²) in [6, 6.07) is 20.3. The molecule has 238 valence electrons. The van der Waals surface area contributed by atoms with Crippen LogP contribution in [0.25, 0.3) is 0 Å². The topological polar surface area (TPSA) is 171 Å². The fraction of sp³-hybridized carbons (Fsp3) is 0.324. The molecule has 0 saturated heterocycles. The molecule has 5 N–H and O–H groups in total. The van der Waals surface area contributed by atoms with Crippen LogP contribution in [-0.2, 0) is 38.4 Å². The molecule has 0 radical (unpaired) electrons. The lowest BCUT2D eigenvalue weighted by Crippen LogP contribution is -2.55. The van der Waals surface area contributed by atoms with Gasteiger partial charge in [0.1, 0.15) is 23.4 Å². The van der Waals surface area contributed by atoms with E-state index >= 15 is 0 Å². The highest BCUT2D eigenvalue weighted by Crippen LogP contribution is 2.21. The van der Waals surface area contributed by atoms with Gasteiger partial charge in [0.05, 0.1) is 6.42 Å². The lowest BCUT2D eigenvalue weighted by molar-refractivity contribution is -0.139. The first-order valence-corrected chi connectivity index (χ1v) is 14.8. The number of carboxylic acid groups (broad SMARTS) is 2. The molecule has 2 atom stereocenters. The third kappa shape index (κ3) is 11.8. The Labute approximate surface area is 262 Å². The summed E-state index contributed by atoms with van der Waals surface area (Å²) in [5, 5.41) is 27.0. The van der Waals surface area contributed by atoms with Gasteiger partial charge in [-0.1, -0.05) is 86.5 Å². The number of aliphatic carboxylic acids is 1. The summed E-state index contributed by atoms with van der Waals surface area (Å²) in [4.78, 5) is 62.9. The number of amides is 3. The van der Waals surface area contributed by atoms with Crippen molar-refractivity contribution < 1.29 is 38.9 Å². The minimum Gasteiger partial charge on any atom is -0.481 e. The SMILES string of the molecule is CCCCCNC(=O)[C@H](Cc1ccc(OCC(=O)O)c(C(=O)O)c1)NC(=O)[C@H](Cc1ccccc1)NC(=O)Cc1ccccc1. The standard InChI is InChI=1S/C34H39N3O8/c1-2-3-10-17-35-32(41)27(20-25-15-16-29(45-22-31(39)40)26(18-25)34(43)44)37-33(42)28(19-23-11-6-4-7-12-23)36-30(38)21-24-13-8-5-9-14-24/h4-9,11-16,18,27-28H,2-3,10,17,19-22H2,1H3,(H,35,41)(H,36,38)(H,37,42)(H,39,40)(H,43,44)/t27-,28-/m0/s1. The van der Waals surface area contributed by atoms with Crippen molar-refractivity contribution in [1.82, 2.24) is 16.0 Å². The van der Waals surface area contributed by atoms with Gasteiger partial charge >= 0.3 is 11.9 Å². The molecule has 0 aliphatic heterocycles. The molecule has 0 saturated carbocycles. The molecule has 3 amide bonds. The zero-order valence-electron chi connectivity index (χ0n) is 25.2. The van der Waals surface area contributed by atoms with Gasteiger partial charge in [-0.05, 0) is 35.2 Å². The van der Waals surface area contributed by atoms with E-state index in [0.717, 1.165) is 30.4 Å². The summed E-state index contributed by atoms with van der Waals surface area (Å²) < 4.78 is 5.11. The Morgan fingerprint density at radius 2 is 1.36 bits per heavy atom. The molecule has 3 aromatic rings. The Morgan fingerprint density at radius 3 is 1.98 bits per heavy atom. The summed E-state index contributed by atoms with van der Waals surface area (Å²) >= 11 is 0. The fourth-order valence-electron chi connectivity index (χ4n) is 4.65. The smallest absolute Gasteiger partial charge is 0.341 e. The fourth-order valence-corrected chi connectivity index (χ4v) is 4.65. The minimum atomic E-state index is -1.34. The second-order valence-corrected chi connectivity index (χ2v) is 10.6. The molecule has 0 aliphatic rings. The van der Waals surface area contributed by atoms with Gasteiger partial charge in [-0.2, -0.15) is 0 Å². The van der Waals surface area contributed by atoms with Crippen molar-refractivity contribution in [3.63, 3.8) is 0 Å². The highest BCUT2D eigenvalue weighted by Gasteiger charge is 2.28. The van der Waals surface area contributed by atoms with E-state index in [1.807, 2.05) is 67.6 Å². The van der Waals surface area contributed by atoms with Crippen LogP contribution in [0.15, 0.2) is 78.9 Å². The van der Waals surface area contributed by atoms with E-state index in [0.29, 0.717) is 12.1 Å². The summed E-state index contributed by atoms with van der Waals surface area (Å²) in [5.74, 6) is -4.14.